The third-order valence-corrected chi connectivity index (χ3v) is 3.40. The number of hydrogen-bond donors (Lipinski definition) is 2. The average Bonchev–Trinajstić information content (AvgIpc) is 2.41. The first-order valence-corrected chi connectivity index (χ1v) is 6.60. The molecule has 19 heavy (non-hydrogen) atoms. The summed E-state index contributed by atoms with van der Waals surface area (Å²) >= 11 is 4.65. The highest BCUT2D eigenvalue weighted by molar-refractivity contribution is 7.80. The molecule has 1 aromatic rings. The minimum Gasteiger partial charge on any atom is -0.389 e. The van der Waals surface area contributed by atoms with Gasteiger partial charge in [0.05, 0.1) is 12.3 Å². The van der Waals surface area contributed by atoms with E-state index in [9.17, 15) is 8.78 Å². The van der Waals surface area contributed by atoms with Crippen LogP contribution in [-0.4, -0.2) is 24.7 Å². The van der Waals surface area contributed by atoms with Gasteiger partial charge in [0.25, 0.3) is 0 Å². The number of benzene rings is 1. The van der Waals surface area contributed by atoms with E-state index in [1.807, 2.05) is 0 Å². The quantitative estimate of drug-likeness (QED) is 0.835. The van der Waals surface area contributed by atoms with Crippen LogP contribution in [0, 0.1) is 17.6 Å². The lowest BCUT2D eigenvalue weighted by molar-refractivity contribution is 0.0595. The van der Waals surface area contributed by atoms with Gasteiger partial charge in [0, 0.05) is 18.7 Å². The van der Waals surface area contributed by atoms with Crippen molar-refractivity contribution in [1.82, 2.24) is 0 Å². The summed E-state index contributed by atoms with van der Waals surface area (Å²) in [6.45, 7) is 1.99. The zero-order valence-corrected chi connectivity index (χ0v) is 11.2. The molecule has 1 heterocycles. The summed E-state index contributed by atoms with van der Waals surface area (Å²) in [4.78, 5) is -0.149. The van der Waals surface area contributed by atoms with Crippen LogP contribution in [0.3, 0.4) is 0 Å². The van der Waals surface area contributed by atoms with Gasteiger partial charge >= 0.3 is 0 Å². The molecule has 1 aliphatic rings. The minimum atomic E-state index is -1.00. The van der Waals surface area contributed by atoms with E-state index in [2.05, 4.69) is 17.5 Å². The zero-order chi connectivity index (χ0) is 13.8. The Morgan fingerprint density at radius 2 is 2.21 bits per heavy atom. The molecule has 1 atom stereocenters. The van der Waals surface area contributed by atoms with Crippen LogP contribution in [0.5, 0.6) is 0 Å². The Kier molecular flexibility index (Phi) is 4.66. The van der Waals surface area contributed by atoms with Gasteiger partial charge in [0.1, 0.15) is 4.99 Å². The van der Waals surface area contributed by atoms with Gasteiger partial charge in [-0.25, -0.2) is 8.78 Å². The summed E-state index contributed by atoms with van der Waals surface area (Å²) in [5.41, 5.74) is 5.37. The smallest absolute Gasteiger partial charge is 0.182 e. The molecule has 0 bridgehead atoms. The zero-order valence-electron chi connectivity index (χ0n) is 10.4. The predicted molar refractivity (Wildman–Crippen MR) is 74.3 cm³/mol. The molecule has 104 valence electrons. The van der Waals surface area contributed by atoms with Crippen molar-refractivity contribution in [3.63, 3.8) is 0 Å². The van der Waals surface area contributed by atoms with E-state index in [1.54, 1.807) is 0 Å². The van der Waals surface area contributed by atoms with Crippen LogP contribution in [0.1, 0.15) is 18.4 Å². The molecular formula is C13H16F2N2OS. The van der Waals surface area contributed by atoms with E-state index >= 15 is 0 Å². The number of rotatable bonds is 4. The monoisotopic (exact) mass is 286 g/mol. The van der Waals surface area contributed by atoms with Gasteiger partial charge in [-0.3, -0.25) is 0 Å². The molecule has 1 aromatic carbocycles. The molecule has 2 rings (SSSR count). The van der Waals surface area contributed by atoms with Gasteiger partial charge in [0.2, 0.25) is 0 Å². The van der Waals surface area contributed by atoms with E-state index in [1.165, 1.54) is 12.1 Å². The molecule has 0 spiro atoms. The first-order chi connectivity index (χ1) is 9.09. The number of anilines is 1. The van der Waals surface area contributed by atoms with Crippen LogP contribution in [0.2, 0.25) is 0 Å². The van der Waals surface area contributed by atoms with Crippen molar-refractivity contribution in [2.24, 2.45) is 11.7 Å². The lowest BCUT2D eigenvalue weighted by Gasteiger charge is -2.23. The van der Waals surface area contributed by atoms with Crippen LogP contribution >= 0.6 is 12.2 Å². The van der Waals surface area contributed by atoms with Crippen molar-refractivity contribution in [1.29, 1.82) is 0 Å². The minimum absolute atomic E-state index is 0.0703. The van der Waals surface area contributed by atoms with Crippen molar-refractivity contribution in [3.05, 3.63) is 29.3 Å². The first kappa shape index (κ1) is 14.1. The summed E-state index contributed by atoms with van der Waals surface area (Å²) in [5, 5.41) is 2.91. The number of hydrogen-bond acceptors (Lipinski definition) is 3. The third kappa shape index (κ3) is 3.39. The van der Waals surface area contributed by atoms with Gasteiger partial charge < -0.3 is 15.8 Å². The maximum atomic E-state index is 13.8. The molecule has 3 nitrogen and oxygen atoms in total. The van der Waals surface area contributed by atoms with E-state index < -0.39 is 11.6 Å². The number of ether oxygens (including phenoxy) is 1. The molecule has 0 saturated carbocycles. The normalized spacial score (nSPS) is 19.2. The molecule has 6 heteroatoms. The molecular weight excluding hydrogens is 270 g/mol. The average molecular weight is 286 g/mol. The molecule has 0 aromatic heterocycles. The van der Waals surface area contributed by atoms with E-state index in [-0.39, 0.29) is 16.2 Å². The standard InChI is InChI=1S/C13H16F2N2OS/c14-11-9(13(16)19)3-4-10(12(11)15)17-6-8-2-1-5-18-7-8/h3-4,8,17H,1-2,5-7H2,(H2,16,19). The molecule has 1 fully saturated rings. The molecule has 0 amide bonds. The fraction of sp³-hybridized carbons (Fsp3) is 0.462. The van der Waals surface area contributed by atoms with Gasteiger partial charge in [-0.1, -0.05) is 12.2 Å². The van der Waals surface area contributed by atoms with Crippen molar-refractivity contribution in [3.8, 4) is 0 Å². The van der Waals surface area contributed by atoms with E-state index in [0.717, 1.165) is 19.4 Å². The maximum absolute atomic E-state index is 13.8. The molecule has 1 aliphatic heterocycles. The van der Waals surface area contributed by atoms with Crippen molar-refractivity contribution >= 4 is 22.9 Å². The van der Waals surface area contributed by atoms with Crippen molar-refractivity contribution in [2.45, 2.75) is 12.8 Å². The lowest BCUT2D eigenvalue weighted by atomic mass is 10.0. The fourth-order valence-electron chi connectivity index (χ4n) is 2.10. The summed E-state index contributed by atoms with van der Waals surface area (Å²) in [6.07, 6.45) is 2.03. The Morgan fingerprint density at radius 3 is 2.84 bits per heavy atom. The Bertz CT molecular complexity index is 476. The Hall–Kier alpha value is -1.27. The van der Waals surface area contributed by atoms with E-state index in [4.69, 9.17) is 10.5 Å². The maximum Gasteiger partial charge on any atom is 0.182 e. The van der Waals surface area contributed by atoms with Gasteiger partial charge in [-0.2, -0.15) is 0 Å². The highest BCUT2D eigenvalue weighted by Gasteiger charge is 2.17. The molecule has 0 radical (unpaired) electrons. The molecule has 0 aliphatic carbocycles. The Labute approximate surface area is 116 Å². The fourth-order valence-corrected chi connectivity index (χ4v) is 2.26. The second-order valence-corrected chi connectivity index (χ2v) is 5.06. The molecule has 1 unspecified atom stereocenters. The van der Waals surface area contributed by atoms with Gasteiger partial charge in [0.15, 0.2) is 11.6 Å². The summed E-state index contributed by atoms with van der Waals surface area (Å²) in [5.74, 6) is -1.62. The summed E-state index contributed by atoms with van der Waals surface area (Å²) < 4.78 is 32.8. The third-order valence-electron chi connectivity index (χ3n) is 3.18. The summed E-state index contributed by atoms with van der Waals surface area (Å²) in [6, 6.07) is 2.84. The van der Waals surface area contributed by atoms with Crippen molar-refractivity contribution in [2.75, 3.05) is 25.1 Å². The lowest BCUT2D eigenvalue weighted by Crippen LogP contribution is -2.24. The number of thiocarbonyl (C=S) groups is 1. The number of nitrogens with two attached hydrogens (primary N) is 1. The van der Waals surface area contributed by atoms with Gasteiger partial charge in [-0.05, 0) is 30.9 Å². The van der Waals surface area contributed by atoms with Crippen molar-refractivity contribution < 1.29 is 13.5 Å². The Morgan fingerprint density at radius 1 is 1.42 bits per heavy atom. The topological polar surface area (TPSA) is 47.3 Å². The molecule has 1 saturated heterocycles. The highest BCUT2D eigenvalue weighted by Crippen LogP contribution is 2.22. The van der Waals surface area contributed by atoms with Crippen LogP contribution in [0.25, 0.3) is 0 Å². The molecule has 3 N–H and O–H groups in total. The number of nitrogens with one attached hydrogen (secondary N) is 1. The van der Waals surface area contributed by atoms with Crippen LogP contribution in [-0.2, 0) is 4.74 Å². The Balaban J connectivity index is 2.04. The second kappa shape index (κ2) is 6.25. The van der Waals surface area contributed by atoms with E-state index in [0.29, 0.717) is 19.1 Å². The van der Waals surface area contributed by atoms with Crippen LogP contribution < -0.4 is 11.1 Å². The second-order valence-electron chi connectivity index (χ2n) is 4.62. The summed E-state index contributed by atoms with van der Waals surface area (Å²) in [7, 11) is 0. The predicted octanol–water partition coefficient (Wildman–Crippen LogP) is 2.44. The van der Waals surface area contributed by atoms with Crippen LogP contribution in [0.15, 0.2) is 12.1 Å². The largest absolute Gasteiger partial charge is 0.389 e. The van der Waals surface area contributed by atoms with Gasteiger partial charge in [-0.15, -0.1) is 0 Å². The van der Waals surface area contributed by atoms with Crippen LogP contribution in [0.4, 0.5) is 14.5 Å². The SMILES string of the molecule is NC(=S)c1ccc(NCC2CCCOC2)c(F)c1F. The highest BCUT2D eigenvalue weighted by atomic mass is 32.1. The number of halogens is 2. The first-order valence-electron chi connectivity index (χ1n) is 6.19.